The maximum atomic E-state index is 11.5. The number of hydrogen-bond acceptors (Lipinski definition) is 6. The van der Waals surface area contributed by atoms with E-state index in [-0.39, 0.29) is 18.5 Å². The predicted molar refractivity (Wildman–Crippen MR) is 94.6 cm³/mol. The molecule has 0 spiro atoms. The summed E-state index contributed by atoms with van der Waals surface area (Å²) in [7, 11) is 1.88. The summed E-state index contributed by atoms with van der Waals surface area (Å²) in [6, 6.07) is 10.0. The van der Waals surface area contributed by atoms with E-state index < -0.39 is 0 Å². The second-order valence-corrected chi connectivity index (χ2v) is 6.22. The standard InChI is InChI=1S/C17H22N8O/c1-13(14-6-4-3-5-7-14)24(10-16(18)26)8-15-9-25(22-20-15)11-17-21-19-12-23(17)2/h3-7,9,12-13H,8,10-11H2,1-2H3,(H2,18,26)/t13-/m1/s1. The molecule has 3 aromatic rings. The largest absolute Gasteiger partial charge is 0.369 e. The Morgan fingerprint density at radius 3 is 2.69 bits per heavy atom. The number of aryl methyl sites for hydroxylation is 1. The van der Waals surface area contributed by atoms with Crippen LogP contribution in [0.5, 0.6) is 0 Å². The molecule has 1 atom stereocenters. The van der Waals surface area contributed by atoms with Gasteiger partial charge in [0.1, 0.15) is 12.9 Å². The van der Waals surface area contributed by atoms with Gasteiger partial charge >= 0.3 is 0 Å². The normalized spacial score (nSPS) is 12.4. The topological polar surface area (TPSA) is 108 Å². The van der Waals surface area contributed by atoms with Crippen molar-refractivity contribution in [1.82, 2.24) is 34.7 Å². The van der Waals surface area contributed by atoms with E-state index in [1.54, 1.807) is 11.0 Å². The zero-order valence-electron chi connectivity index (χ0n) is 14.9. The second-order valence-electron chi connectivity index (χ2n) is 6.22. The van der Waals surface area contributed by atoms with Crippen LogP contribution in [0.15, 0.2) is 42.9 Å². The Balaban J connectivity index is 1.73. The fourth-order valence-electron chi connectivity index (χ4n) is 2.76. The second kappa shape index (κ2) is 7.87. The molecule has 9 heteroatoms. The van der Waals surface area contributed by atoms with Crippen LogP contribution >= 0.6 is 0 Å². The van der Waals surface area contributed by atoms with Gasteiger partial charge in [-0.05, 0) is 12.5 Å². The lowest BCUT2D eigenvalue weighted by atomic mass is 10.1. The van der Waals surface area contributed by atoms with Crippen LogP contribution in [0.3, 0.4) is 0 Å². The number of amides is 1. The van der Waals surface area contributed by atoms with Crippen molar-refractivity contribution in [2.75, 3.05) is 6.54 Å². The van der Waals surface area contributed by atoms with E-state index in [1.807, 2.05) is 60.0 Å². The Kier molecular flexibility index (Phi) is 5.37. The summed E-state index contributed by atoms with van der Waals surface area (Å²) in [6.45, 7) is 3.14. The molecule has 0 saturated carbocycles. The number of carbonyl (C=O) groups is 1. The van der Waals surface area contributed by atoms with Crippen molar-refractivity contribution >= 4 is 5.91 Å². The SMILES string of the molecule is C[C@H](c1ccccc1)N(CC(N)=O)Cc1cn(Cc2nncn2C)nn1. The van der Waals surface area contributed by atoms with Gasteiger partial charge in [0.25, 0.3) is 0 Å². The maximum absolute atomic E-state index is 11.5. The van der Waals surface area contributed by atoms with E-state index in [2.05, 4.69) is 20.5 Å². The van der Waals surface area contributed by atoms with Crippen molar-refractivity contribution in [2.45, 2.75) is 26.1 Å². The Morgan fingerprint density at radius 1 is 1.27 bits per heavy atom. The first kappa shape index (κ1) is 17.7. The monoisotopic (exact) mass is 354 g/mol. The minimum absolute atomic E-state index is 0.0209. The summed E-state index contributed by atoms with van der Waals surface area (Å²) in [5.74, 6) is 0.410. The van der Waals surface area contributed by atoms with Gasteiger partial charge in [-0.25, -0.2) is 4.68 Å². The van der Waals surface area contributed by atoms with Crippen molar-refractivity contribution in [2.24, 2.45) is 12.8 Å². The van der Waals surface area contributed by atoms with Crippen LogP contribution in [0.4, 0.5) is 0 Å². The molecule has 2 aromatic heterocycles. The molecule has 1 amide bonds. The lowest BCUT2D eigenvalue weighted by Gasteiger charge is -2.27. The van der Waals surface area contributed by atoms with Gasteiger partial charge < -0.3 is 10.3 Å². The number of hydrogen-bond donors (Lipinski definition) is 1. The molecule has 0 saturated heterocycles. The number of nitrogens with zero attached hydrogens (tertiary/aromatic N) is 7. The predicted octanol–water partition coefficient (Wildman–Crippen LogP) is 0.503. The Bertz CT molecular complexity index is 857. The van der Waals surface area contributed by atoms with Gasteiger partial charge in [-0.1, -0.05) is 35.5 Å². The summed E-state index contributed by atoms with van der Waals surface area (Å²) in [6.07, 6.45) is 3.49. The molecule has 0 fully saturated rings. The first-order valence-corrected chi connectivity index (χ1v) is 8.32. The summed E-state index contributed by atoms with van der Waals surface area (Å²) < 4.78 is 3.53. The molecule has 9 nitrogen and oxygen atoms in total. The van der Waals surface area contributed by atoms with Gasteiger partial charge in [0, 0.05) is 19.6 Å². The van der Waals surface area contributed by atoms with Gasteiger partial charge in [-0.2, -0.15) is 0 Å². The zero-order valence-corrected chi connectivity index (χ0v) is 14.9. The molecule has 0 aliphatic heterocycles. The molecule has 26 heavy (non-hydrogen) atoms. The lowest BCUT2D eigenvalue weighted by molar-refractivity contribution is -0.119. The molecule has 0 radical (unpaired) electrons. The van der Waals surface area contributed by atoms with Gasteiger partial charge in [0.15, 0.2) is 5.82 Å². The third kappa shape index (κ3) is 4.31. The van der Waals surface area contributed by atoms with E-state index in [0.717, 1.165) is 17.1 Å². The van der Waals surface area contributed by atoms with Crippen LogP contribution in [0.1, 0.15) is 30.0 Å². The number of aromatic nitrogens is 6. The first-order valence-electron chi connectivity index (χ1n) is 8.32. The average molecular weight is 354 g/mol. The smallest absolute Gasteiger partial charge is 0.231 e. The van der Waals surface area contributed by atoms with Gasteiger partial charge in [-0.3, -0.25) is 9.69 Å². The highest BCUT2D eigenvalue weighted by molar-refractivity contribution is 5.76. The Labute approximate surface area is 151 Å². The third-order valence-electron chi connectivity index (χ3n) is 4.25. The van der Waals surface area contributed by atoms with Crippen LogP contribution < -0.4 is 5.73 Å². The highest BCUT2D eigenvalue weighted by Gasteiger charge is 2.19. The van der Waals surface area contributed by atoms with Crippen LogP contribution in [-0.4, -0.2) is 47.1 Å². The van der Waals surface area contributed by atoms with Crippen LogP contribution in [0.2, 0.25) is 0 Å². The minimum Gasteiger partial charge on any atom is -0.369 e. The third-order valence-corrected chi connectivity index (χ3v) is 4.25. The quantitative estimate of drug-likeness (QED) is 0.631. The van der Waals surface area contributed by atoms with E-state index in [4.69, 9.17) is 5.73 Å². The molecular weight excluding hydrogens is 332 g/mol. The number of benzene rings is 1. The highest BCUT2D eigenvalue weighted by atomic mass is 16.1. The highest BCUT2D eigenvalue weighted by Crippen LogP contribution is 2.21. The molecule has 0 bridgehead atoms. The number of carbonyl (C=O) groups excluding carboxylic acids is 1. The molecule has 136 valence electrons. The van der Waals surface area contributed by atoms with E-state index in [1.165, 1.54) is 0 Å². The van der Waals surface area contributed by atoms with Crippen molar-refractivity contribution < 1.29 is 4.79 Å². The maximum Gasteiger partial charge on any atom is 0.231 e. The zero-order chi connectivity index (χ0) is 18.5. The average Bonchev–Trinajstić information content (AvgIpc) is 3.24. The van der Waals surface area contributed by atoms with Gasteiger partial charge in [-0.15, -0.1) is 15.3 Å². The number of rotatable bonds is 8. The number of nitrogens with two attached hydrogens (primary N) is 1. The van der Waals surface area contributed by atoms with E-state index >= 15 is 0 Å². The number of primary amides is 1. The van der Waals surface area contributed by atoms with Crippen LogP contribution in [0, 0.1) is 0 Å². The molecule has 0 aliphatic carbocycles. The van der Waals surface area contributed by atoms with Crippen molar-refractivity contribution in [3.05, 3.63) is 59.9 Å². The van der Waals surface area contributed by atoms with Crippen molar-refractivity contribution in [3.8, 4) is 0 Å². The summed E-state index contributed by atoms with van der Waals surface area (Å²) in [5.41, 5.74) is 7.31. The Morgan fingerprint density at radius 2 is 2.04 bits per heavy atom. The molecule has 0 unspecified atom stereocenters. The Hall–Kier alpha value is -3.07. The minimum atomic E-state index is -0.376. The first-order chi connectivity index (χ1) is 12.5. The van der Waals surface area contributed by atoms with Gasteiger partial charge in [0.05, 0.1) is 18.4 Å². The summed E-state index contributed by atoms with van der Waals surface area (Å²) in [4.78, 5) is 13.5. The molecule has 2 heterocycles. The van der Waals surface area contributed by atoms with Gasteiger partial charge in [0.2, 0.25) is 5.91 Å². The van der Waals surface area contributed by atoms with Crippen LogP contribution in [-0.2, 0) is 24.9 Å². The van der Waals surface area contributed by atoms with E-state index in [9.17, 15) is 4.79 Å². The molecular formula is C17H22N8O. The van der Waals surface area contributed by atoms with Crippen molar-refractivity contribution in [1.29, 1.82) is 0 Å². The summed E-state index contributed by atoms with van der Waals surface area (Å²) >= 11 is 0. The summed E-state index contributed by atoms with van der Waals surface area (Å²) in [5, 5.41) is 16.2. The fraction of sp³-hybridized carbons (Fsp3) is 0.353. The lowest BCUT2D eigenvalue weighted by Crippen LogP contribution is -2.35. The molecule has 1 aromatic carbocycles. The van der Waals surface area contributed by atoms with E-state index in [0.29, 0.717) is 13.1 Å². The van der Waals surface area contributed by atoms with Crippen LogP contribution in [0.25, 0.3) is 0 Å². The molecule has 0 aliphatic rings. The fourth-order valence-corrected chi connectivity index (χ4v) is 2.76. The van der Waals surface area contributed by atoms with Crippen molar-refractivity contribution in [3.63, 3.8) is 0 Å². The molecule has 2 N–H and O–H groups in total. The molecule has 3 rings (SSSR count).